The average molecular weight is 224 g/mol. The van der Waals surface area contributed by atoms with Crippen LogP contribution in [-0.4, -0.2) is 37.0 Å². The molecule has 3 aliphatic rings. The third kappa shape index (κ3) is 1.53. The first-order valence-electron chi connectivity index (χ1n) is 5.55. The van der Waals surface area contributed by atoms with Gasteiger partial charge in [0.25, 0.3) is 0 Å². The molecule has 0 spiro atoms. The molecule has 88 valence electrons. The second-order valence-electron chi connectivity index (χ2n) is 4.79. The van der Waals surface area contributed by atoms with E-state index >= 15 is 0 Å². The molecule has 4 atom stereocenters. The van der Waals surface area contributed by atoms with E-state index in [1.165, 1.54) is 0 Å². The van der Waals surface area contributed by atoms with Gasteiger partial charge in [0.15, 0.2) is 12.1 Å². The minimum Gasteiger partial charge on any atom is -0.368 e. The van der Waals surface area contributed by atoms with E-state index in [1.807, 2.05) is 19.9 Å². The predicted octanol–water partition coefficient (Wildman–Crippen LogP) is 1.37. The van der Waals surface area contributed by atoms with Crippen LogP contribution < -0.4 is 0 Å². The fourth-order valence-electron chi connectivity index (χ4n) is 2.41. The van der Waals surface area contributed by atoms with Gasteiger partial charge in [0.05, 0.1) is 6.61 Å². The number of hydrogen-bond donors (Lipinski definition) is 0. The maximum atomic E-state index is 5.78. The van der Waals surface area contributed by atoms with Crippen LogP contribution in [0.15, 0.2) is 24.3 Å². The summed E-state index contributed by atoms with van der Waals surface area (Å²) in [6.07, 6.45) is 3.26. The lowest BCUT2D eigenvalue weighted by Gasteiger charge is -2.27. The summed E-state index contributed by atoms with van der Waals surface area (Å²) in [6.45, 7) is 8.07. The monoisotopic (exact) mass is 224 g/mol. The fraction of sp³-hybridized carbons (Fsp3) is 0.667. The summed E-state index contributed by atoms with van der Waals surface area (Å²) in [5.41, 5.74) is 1.06. The lowest BCUT2D eigenvalue weighted by atomic mass is 10.0. The molecule has 0 amide bonds. The van der Waals surface area contributed by atoms with Crippen LogP contribution in [0.1, 0.15) is 13.8 Å². The summed E-state index contributed by atoms with van der Waals surface area (Å²) >= 11 is 0. The highest BCUT2D eigenvalue weighted by Crippen LogP contribution is 2.40. The highest BCUT2D eigenvalue weighted by atomic mass is 16.8. The van der Waals surface area contributed by atoms with Crippen LogP contribution in [0.2, 0.25) is 0 Å². The zero-order valence-corrected chi connectivity index (χ0v) is 9.51. The molecule has 3 rings (SSSR count). The highest BCUT2D eigenvalue weighted by Gasteiger charge is 2.55. The van der Waals surface area contributed by atoms with E-state index in [-0.39, 0.29) is 24.6 Å². The molecule has 0 aliphatic carbocycles. The molecule has 0 aromatic carbocycles. The maximum Gasteiger partial charge on any atom is 0.190 e. The highest BCUT2D eigenvalue weighted by molar-refractivity contribution is 5.23. The SMILES string of the molecule is C=CC1=C[C@H]2O[C@@H]3OC(C)(C)O[C@@H]3[C@H]2OC1. The molecule has 0 N–H and O–H groups in total. The number of hydrogen-bond acceptors (Lipinski definition) is 4. The lowest BCUT2D eigenvalue weighted by Crippen LogP contribution is -2.38. The molecule has 2 saturated heterocycles. The summed E-state index contributed by atoms with van der Waals surface area (Å²) < 4.78 is 22.9. The van der Waals surface area contributed by atoms with Gasteiger partial charge in [-0.3, -0.25) is 0 Å². The van der Waals surface area contributed by atoms with Crippen LogP contribution in [0.3, 0.4) is 0 Å². The molecule has 0 saturated carbocycles. The molecule has 0 aromatic heterocycles. The van der Waals surface area contributed by atoms with Crippen LogP contribution in [0.5, 0.6) is 0 Å². The topological polar surface area (TPSA) is 36.9 Å². The van der Waals surface area contributed by atoms with Crippen LogP contribution >= 0.6 is 0 Å². The molecule has 4 heteroatoms. The molecular weight excluding hydrogens is 208 g/mol. The van der Waals surface area contributed by atoms with E-state index in [0.717, 1.165) is 5.57 Å². The quantitative estimate of drug-likeness (QED) is 0.674. The normalized spacial score (nSPS) is 44.8. The molecule has 3 aliphatic heterocycles. The standard InChI is InChI=1S/C12H16O4/c1-4-7-5-8-9(13-6-7)10-11(14-8)16-12(2,3)15-10/h4-5,8-11H,1,6H2,2-3H3/t8-,9+,10-,11-/m1/s1. The summed E-state index contributed by atoms with van der Waals surface area (Å²) in [5, 5.41) is 0. The second-order valence-corrected chi connectivity index (χ2v) is 4.79. The predicted molar refractivity (Wildman–Crippen MR) is 56.7 cm³/mol. The van der Waals surface area contributed by atoms with Gasteiger partial charge in [-0.15, -0.1) is 0 Å². The van der Waals surface area contributed by atoms with E-state index in [4.69, 9.17) is 18.9 Å². The maximum absolute atomic E-state index is 5.78. The third-order valence-electron chi connectivity index (χ3n) is 3.11. The van der Waals surface area contributed by atoms with Crippen molar-refractivity contribution in [3.63, 3.8) is 0 Å². The molecule has 0 radical (unpaired) electrons. The Balaban J connectivity index is 1.80. The summed E-state index contributed by atoms with van der Waals surface area (Å²) in [6, 6.07) is 0. The lowest BCUT2D eigenvalue weighted by molar-refractivity contribution is -0.213. The van der Waals surface area contributed by atoms with Gasteiger partial charge in [0.1, 0.15) is 18.3 Å². The Labute approximate surface area is 94.8 Å². The Kier molecular flexibility index (Phi) is 2.23. The Morgan fingerprint density at radius 2 is 2.19 bits per heavy atom. The largest absolute Gasteiger partial charge is 0.368 e. The first-order chi connectivity index (χ1) is 7.59. The van der Waals surface area contributed by atoms with Crippen molar-refractivity contribution >= 4 is 0 Å². The molecule has 2 fully saturated rings. The summed E-state index contributed by atoms with van der Waals surface area (Å²) in [7, 11) is 0. The van der Waals surface area contributed by atoms with Crippen molar-refractivity contribution in [1.82, 2.24) is 0 Å². The van der Waals surface area contributed by atoms with E-state index < -0.39 is 5.79 Å². The van der Waals surface area contributed by atoms with Gasteiger partial charge < -0.3 is 18.9 Å². The van der Waals surface area contributed by atoms with Gasteiger partial charge in [-0.1, -0.05) is 12.7 Å². The zero-order valence-electron chi connectivity index (χ0n) is 9.51. The van der Waals surface area contributed by atoms with E-state index in [0.29, 0.717) is 6.61 Å². The molecule has 0 unspecified atom stereocenters. The van der Waals surface area contributed by atoms with Crippen molar-refractivity contribution < 1.29 is 18.9 Å². The first-order valence-corrected chi connectivity index (χ1v) is 5.55. The minimum absolute atomic E-state index is 0.0597. The molecule has 16 heavy (non-hydrogen) atoms. The van der Waals surface area contributed by atoms with Crippen molar-refractivity contribution in [2.45, 2.75) is 44.2 Å². The number of fused-ring (bicyclic) bond motifs is 3. The van der Waals surface area contributed by atoms with Gasteiger partial charge in [-0.25, -0.2) is 0 Å². The summed E-state index contributed by atoms with van der Waals surface area (Å²) in [4.78, 5) is 0. The van der Waals surface area contributed by atoms with E-state index in [1.54, 1.807) is 6.08 Å². The van der Waals surface area contributed by atoms with Gasteiger partial charge in [0, 0.05) is 0 Å². The van der Waals surface area contributed by atoms with Crippen LogP contribution in [0.25, 0.3) is 0 Å². The molecule has 4 nitrogen and oxygen atoms in total. The summed E-state index contributed by atoms with van der Waals surface area (Å²) in [5.74, 6) is -0.577. The van der Waals surface area contributed by atoms with Crippen LogP contribution in [0, 0.1) is 0 Å². The Hall–Kier alpha value is -0.680. The van der Waals surface area contributed by atoms with Gasteiger partial charge in [0.2, 0.25) is 0 Å². The minimum atomic E-state index is -0.577. The van der Waals surface area contributed by atoms with Crippen molar-refractivity contribution in [3.8, 4) is 0 Å². The third-order valence-corrected chi connectivity index (χ3v) is 3.11. The van der Waals surface area contributed by atoms with Gasteiger partial charge in [-0.2, -0.15) is 0 Å². The fourth-order valence-corrected chi connectivity index (χ4v) is 2.41. The average Bonchev–Trinajstić information content (AvgIpc) is 2.68. The van der Waals surface area contributed by atoms with Crippen molar-refractivity contribution in [2.24, 2.45) is 0 Å². The number of rotatable bonds is 1. The molecule has 3 heterocycles. The Morgan fingerprint density at radius 1 is 1.38 bits per heavy atom. The zero-order chi connectivity index (χ0) is 11.3. The van der Waals surface area contributed by atoms with Crippen LogP contribution in [-0.2, 0) is 18.9 Å². The van der Waals surface area contributed by atoms with Gasteiger partial charge >= 0.3 is 0 Å². The van der Waals surface area contributed by atoms with Crippen molar-refractivity contribution in [3.05, 3.63) is 24.3 Å². The first kappa shape index (κ1) is 10.5. The van der Waals surface area contributed by atoms with Crippen molar-refractivity contribution in [1.29, 1.82) is 0 Å². The van der Waals surface area contributed by atoms with E-state index in [2.05, 4.69) is 6.58 Å². The number of ether oxygens (including phenoxy) is 4. The molecular formula is C12H16O4. The Bertz CT molecular complexity index is 347. The van der Waals surface area contributed by atoms with Crippen molar-refractivity contribution in [2.75, 3.05) is 6.61 Å². The molecule has 0 bridgehead atoms. The van der Waals surface area contributed by atoms with E-state index in [9.17, 15) is 0 Å². The smallest absolute Gasteiger partial charge is 0.190 e. The second kappa shape index (κ2) is 3.40. The van der Waals surface area contributed by atoms with Crippen LogP contribution in [0.4, 0.5) is 0 Å². The Morgan fingerprint density at radius 3 is 2.94 bits per heavy atom. The molecule has 0 aromatic rings. The van der Waals surface area contributed by atoms with Gasteiger partial charge in [-0.05, 0) is 25.5 Å².